The van der Waals surface area contributed by atoms with Gasteiger partial charge in [-0.15, -0.1) is 0 Å². The smallest absolute Gasteiger partial charge is 0.225 e. The summed E-state index contributed by atoms with van der Waals surface area (Å²) in [4.78, 5) is 17.5. The molecule has 0 saturated heterocycles. The molecule has 0 saturated carbocycles. The van der Waals surface area contributed by atoms with Crippen LogP contribution >= 0.6 is 0 Å². The molecule has 3 heterocycles. The van der Waals surface area contributed by atoms with Gasteiger partial charge in [0.05, 0.1) is 30.6 Å². The summed E-state index contributed by atoms with van der Waals surface area (Å²) in [5.74, 6) is 1.40. The zero-order chi connectivity index (χ0) is 19.1. The van der Waals surface area contributed by atoms with Gasteiger partial charge in [-0.05, 0) is 30.2 Å². The van der Waals surface area contributed by atoms with Crippen molar-refractivity contribution in [2.45, 2.75) is 26.4 Å². The first kappa shape index (κ1) is 18.7. The molecule has 0 aliphatic heterocycles. The molecule has 140 valence electrons. The quantitative estimate of drug-likeness (QED) is 0.565. The molecule has 0 aliphatic rings. The van der Waals surface area contributed by atoms with Gasteiger partial charge in [0.2, 0.25) is 5.95 Å². The Morgan fingerprint density at radius 3 is 2.52 bits per heavy atom. The van der Waals surface area contributed by atoms with Crippen molar-refractivity contribution in [3.05, 3.63) is 60.7 Å². The molecule has 0 amide bonds. The number of hydrogen-bond acceptors (Lipinski definition) is 7. The second-order valence-corrected chi connectivity index (χ2v) is 6.55. The maximum atomic E-state index is 9.62. The molecule has 3 aromatic heterocycles. The molecule has 7 nitrogen and oxygen atoms in total. The maximum Gasteiger partial charge on any atom is 0.225 e. The van der Waals surface area contributed by atoms with E-state index < -0.39 is 0 Å². The summed E-state index contributed by atoms with van der Waals surface area (Å²) in [5.41, 5.74) is 2.65. The first-order valence-corrected chi connectivity index (χ1v) is 8.96. The van der Waals surface area contributed by atoms with Crippen LogP contribution in [0.15, 0.2) is 55.0 Å². The van der Waals surface area contributed by atoms with E-state index in [4.69, 9.17) is 0 Å². The number of aliphatic hydroxyl groups excluding tert-OH is 1. The predicted molar refractivity (Wildman–Crippen MR) is 106 cm³/mol. The molecule has 0 aromatic carbocycles. The average Bonchev–Trinajstić information content (AvgIpc) is 2.71. The number of aromatic nitrogens is 4. The summed E-state index contributed by atoms with van der Waals surface area (Å²) >= 11 is 0. The fraction of sp³-hybridized carbons (Fsp3) is 0.300. The van der Waals surface area contributed by atoms with Gasteiger partial charge in [0, 0.05) is 30.2 Å². The molecule has 27 heavy (non-hydrogen) atoms. The summed E-state index contributed by atoms with van der Waals surface area (Å²) in [6.07, 6.45) is 5.23. The first-order chi connectivity index (χ1) is 13.2. The lowest BCUT2D eigenvalue weighted by atomic mass is 10.1. The van der Waals surface area contributed by atoms with E-state index >= 15 is 0 Å². The number of aliphatic hydroxyl groups is 1. The Morgan fingerprint density at radius 2 is 1.85 bits per heavy atom. The zero-order valence-electron chi connectivity index (χ0n) is 15.5. The van der Waals surface area contributed by atoms with Crippen LogP contribution in [-0.2, 0) is 6.54 Å². The molecule has 0 spiro atoms. The van der Waals surface area contributed by atoms with Gasteiger partial charge in [-0.2, -0.15) is 4.98 Å². The Balaban J connectivity index is 1.88. The van der Waals surface area contributed by atoms with Crippen molar-refractivity contribution in [2.24, 2.45) is 5.92 Å². The summed E-state index contributed by atoms with van der Waals surface area (Å²) in [6.45, 7) is 4.65. The van der Waals surface area contributed by atoms with E-state index in [9.17, 15) is 5.11 Å². The normalized spacial score (nSPS) is 12.0. The van der Waals surface area contributed by atoms with Crippen molar-refractivity contribution in [1.29, 1.82) is 0 Å². The number of nitrogens with one attached hydrogen (secondary N) is 2. The number of nitrogens with zero attached hydrogens (tertiary/aromatic N) is 4. The summed E-state index contributed by atoms with van der Waals surface area (Å²) in [6, 6.07) is 11.4. The molecular formula is C20H24N6O. The Kier molecular flexibility index (Phi) is 6.27. The van der Waals surface area contributed by atoms with Crippen LogP contribution in [0, 0.1) is 5.92 Å². The molecule has 0 aliphatic carbocycles. The van der Waals surface area contributed by atoms with Crippen molar-refractivity contribution >= 4 is 11.8 Å². The summed E-state index contributed by atoms with van der Waals surface area (Å²) in [5, 5.41) is 16.1. The molecule has 3 rings (SSSR count). The lowest BCUT2D eigenvalue weighted by Crippen LogP contribution is -2.30. The number of rotatable bonds is 8. The van der Waals surface area contributed by atoms with Crippen LogP contribution in [0.2, 0.25) is 0 Å². The van der Waals surface area contributed by atoms with Crippen molar-refractivity contribution in [3.8, 4) is 11.3 Å². The van der Waals surface area contributed by atoms with Gasteiger partial charge in [0.25, 0.3) is 0 Å². The number of hydrogen-bond donors (Lipinski definition) is 3. The van der Waals surface area contributed by atoms with Crippen LogP contribution in [0.25, 0.3) is 11.3 Å². The summed E-state index contributed by atoms with van der Waals surface area (Å²) < 4.78 is 0. The van der Waals surface area contributed by atoms with Crippen LogP contribution in [0.3, 0.4) is 0 Å². The van der Waals surface area contributed by atoms with Crippen molar-refractivity contribution in [3.63, 3.8) is 0 Å². The third-order valence-electron chi connectivity index (χ3n) is 4.19. The van der Waals surface area contributed by atoms with Crippen molar-refractivity contribution in [1.82, 2.24) is 19.9 Å². The highest BCUT2D eigenvalue weighted by Crippen LogP contribution is 2.22. The molecule has 7 heteroatoms. The monoisotopic (exact) mass is 364 g/mol. The topological polar surface area (TPSA) is 95.8 Å². The van der Waals surface area contributed by atoms with E-state index in [-0.39, 0.29) is 18.6 Å². The van der Waals surface area contributed by atoms with Gasteiger partial charge in [-0.1, -0.05) is 19.9 Å². The fourth-order valence-electron chi connectivity index (χ4n) is 2.55. The van der Waals surface area contributed by atoms with Crippen LogP contribution in [-0.4, -0.2) is 37.7 Å². The molecule has 3 aromatic rings. The third kappa shape index (κ3) is 5.21. The number of anilines is 2. The minimum absolute atomic E-state index is 0.0111. The largest absolute Gasteiger partial charge is 0.394 e. The zero-order valence-corrected chi connectivity index (χ0v) is 15.5. The van der Waals surface area contributed by atoms with Gasteiger partial charge >= 0.3 is 0 Å². The molecule has 0 unspecified atom stereocenters. The van der Waals surface area contributed by atoms with Gasteiger partial charge in [-0.3, -0.25) is 9.97 Å². The number of pyridine rings is 2. The Labute approximate surface area is 159 Å². The van der Waals surface area contributed by atoms with Gasteiger partial charge < -0.3 is 15.7 Å². The van der Waals surface area contributed by atoms with Gasteiger partial charge in [0.1, 0.15) is 5.82 Å². The Hall–Kier alpha value is -3.06. The van der Waals surface area contributed by atoms with E-state index in [1.165, 1.54) is 0 Å². The minimum atomic E-state index is -0.124. The van der Waals surface area contributed by atoms with Gasteiger partial charge in [0.15, 0.2) is 0 Å². The molecular weight excluding hydrogens is 340 g/mol. The Morgan fingerprint density at radius 1 is 1.04 bits per heavy atom. The predicted octanol–water partition coefficient (Wildman–Crippen LogP) is 2.97. The standard InChI is InChI=1S/C20H24N6O/c1-14(2)18(13-27)25-20-24-17(15-6-9-21-10-7-15)11-19(26-20)23-12-16-5-3-4-8-22-16/h3-11,14,18,27H,12-13H2,1-2H3,(H2,23,24,25,26)/t18-/m1/s1. The molecule has 1 atom stereocenters. The average molecular weight is 364 g/mol. The molecule has 3 N–H and O–H groups in total. The van der Waals surface area contributed by atoms with Gasteiger partial charge in [-0.25, -0.2) is 4.98 Å². The van der Waals surface area contributed by atoms with E-state index in [0.717, 1.165) is 17.0 Å². The fourth-order valence-corrected chi connectivity index (χ4v) is 2.55. The highest BCUT2D eigenvalue weighted by molar-refractivity contribution is 5.64. The van der Waals surface area contributed by atoms with E-state index in [2.05, 4.69) is 30.6 Å². The summed E-state index contributed by atoms with van der Waals surface area (Å²) in [7, 11) is 0. The highest BCUT2D eigenvalue weighted by atomic mass is 16.3. The van der Waals surface area contributed by atoms with Crippen LogP contribution in [0.1, 0.15) is 19.5 Å². The first-order valence-electron chi connectivity index (χ1n) is 8.96. The molecule has 0 radical (unpaired) electrons. The second kappa shape index (κ2) is 9.05. The third-order valence-corrected chi connectivity index (χ3v) is 4.19. The minimum Gasteiger partial charge on any atom is -0.394 e. The maximum absolute atomic E-state index is 9.62. The molecule has 0 bridgehead atoms. The van der Waals surface area contributed by atoms with E-state index in [1.807, 2.05) is 50.2 Å². The van der Waals surface area contributed by atoms with Crippen molar-refractivity contribution in [2.75, 3.05) is 17.2 Å². The molecule has 0 fully saturated rings. The lowest BCUT2D eigenvalue weighted by Gasteiger charge is -2.20. The van der Waals surface area contributed by atoms with E-state index in [0.29, 0.717) is 18.3 Å². The lowest BCUT2D eigenvalue weighted by molar-refractivity contribution is 0.248. The van der Waals surface area contributed by atoms with Crippen LogP contribution in [0.5, 0.6) is 0 Å². The van der Waals surface area contributed by atoms with Crippen molar-refractivity contribution < 1.29 is 5.11 Å². The van der Waals surface area contributed by atoms with E-state index in [1.54, 1.807) is 18.6 Å². The second-order valence-electron chi connectivity index (χ2n) is 6.55. The van der Waals surface area contributed by atoms with Crippen LogP contribution in [0.4, 0.5) is 11.8 Å². The Bertz CT molecular complexity index is 842. The SMILES string of the molecule is CC(C)[C@@H](CO)Nc1nc(NCc2ccccn2)cc(-c2ccncc2)n1. The van der Waals surface area contributed by atoms with Crippen LogP contribution < -0.4 is 10.6 Å². The highest BCUT2D eigenvalue weighted by Gasteiger charge is 2.15.